The third-order valence-electron chi connectivity index (χ3n) is 8.46. The van der Waals surface area contributed by atoms with E-state index in [1.54, 1.807) is 4.90 Å². The molecule has 35 heavy (non-hydrogen) atoms. The van der Waals surface area contributed by atoms with Crippen molar-refractivity contribution in [1.82, 2.24) is 4.90 Å². The van der Waals surface area contributed by atoms with Gasteiger partial charge in [-0.2, -0.15) is 0 Å². The first kappa shape index (κ1) is 27.8. The van der Waals surface area contributed by atoms with Gasteiger partial charge >= 0.3 is 13.2 Å². The number of unbranched alkanes of at least 4 members (excludes halogenated alkanes) is 3. The van der Waals surface area contributed by atoms with E-state index in [2.05, 4.69) is 39.5 Å². The Bertz CT molecular complexity index is 890. The zero-order valence-electron chi connectivity index (χ0n) is 23.0. The van der Waals surface area contributed by atoms with E-state index in [9.17, 15) is 9.90 Å². The van der Waals surface area contributed by atoms with Crippen molar-refractivity contribution >= 4 is 13.2 Å². The smallest absolute Gasteiger partial charge is 0.465 e. The molecule has 0 aromatic heterocycles. The zero-order chi connectivity index (χ0) is 26.1. The molecule has 2 unspecified atom stereocenters. The van der Waals surface area contributed by atoms with E-state index in [0.29, 0.717) is 6.42 Å². The van der Waals surface area contributed by atoms with Crippen molar-refractivity contribution in [2.45, 2.75) is 123 Å². The zero-order valence-corrected chi connectivity index (χ0v) is 23.0. The minimum atomic E-state index is -0.912. The Morgan fingerprint density at radius 1 is 1.14 bits per heavy atom. The highest BCUT2D eigenvalue weighted by Gasteiger charge is 2.65. The quantitative estimate of drug-likeness (QED) is 0.226. The summed E-state index contributed by atoms with van der Waals surface area (Å²) in [7, 11) is -0.685. The highest BCUT2D eigenvalue weighted by Crippen LogP contribution is 2.51. The van der Waals surface area contributed by atoms with Gasteiger partial charge in [0.05, 0.1) is 11.2 Å². The van der Waals surface area contributed by atoms with Crippen LogP contribution in [0.15, 0.2) is 36.9 Å². The standard InChI is InChI=1S/C29H46BNO4/c1-9-10-11-12-13-20-24(26(2,3)4)31(25(32)33)29(30-34-27(5,6)28(7,8)35-30)21-16-18-22-17-14-15-19-23(22)29/h9,14-15,17,19,24H,1,10-13,16,18,20-21H2,2-8H3,(H,32,33). The second-order valence-corrected chi connectivity index (χ2v) is 12.5. The lowest BCUT2D eigenvalue weighted by molar-refractivity contribution is 0.00578. The molecule has 0 radical (unpaired) electrons. The molecule has 2 aliphatic rings. The minimum absolute atomic E-state index is 0.186. The van der Waals surface area contributed by atoms with Crippen LogP contribution < -0.4 is 0 Å². The molecule has 1 fully saturated rings. The van der Waals surface area contributed by atoms with Gasteiger partial charge in [-0.05, 0) is 82.8 Å². The molecule has 2 atom stereocenters. The Labute approximate surface area is 213 Å². The molecule has 1 aliphatic carbocycles. The predicted molar refractivity (Wildman–Crippen MR) is 144 cm³/mol. The number of rotatable bonds is 9. The van der Waals surface area contributed by atoms with Crippen molar-refractivity contribution in [3.63, 3.8) is 0 Å². The molecule has 1 amide bonds. The maximum absolute atomic E-state index is 13.3. The van der Waals surface area contributed by atoms with Gasteiger partial charge in [-0.3, -0.25) is 4.90 Å². The van der Waals surface area contributed by atoms with Gasteiger partial charge in [-0.1, -0.05) is 64.0 Å². The average molecular weight is 484 g/mol. The van der Waals surface area contributed by atoms with Gasteiger partial charge in [0.1, 0.15) is 5.44 Å². The molecule has 1 N–H and O–H groups in total. The first-order chi connectivity index (χ1) is 16.3. The van der Waals surface area contributed by atoms with Gasteiger partial charge in [-0.25, -0.2) is 4.79 Å². The van der Waals surface area contributed by atoms with Crippen LogP contribution in [-0.2, 0) is 21.2 Å². The monoisotopic (exact) mass is 483 g/mol. The predicted octanol–water partition coefficient (Wildman–Crippen LogP) is 7.38. The number of benzene rings is 1. The highest BCUT2D eigenvalue weighted by molar-refractivity contribution is 6.50. The summed E-state index contributed by atoms with van der Waals surface area (Å²) in [6.07, 6.45) is 8.47. The molecule has 1 aromatic rings. The third kappa shape index (κ3) is 5.34. The van der Waals surface area contributed by atoms with E-state index < -0.39 is 29.9 Å². The second kappa shape index (κ2) is 10.3. The lowest BCUT2D eigenvalue weighted by Crippen LogP contribution is -2.66. The minimum Gasteiger partial charge on any atom is -0.465 e. The fourth-order valence-corrected chi connectivity index (χ4v) is 5.82. The van der Waals surface area contributed by atoms with E-state index >= 15 is 0 Å². The summed E-state index contributed by atoms with van der Waals surface area (Å²) in [4.78, 5) is 15.1. The number of nitrogens with zero attached hydrogens (tertiary/aromatic N) is 1. The van der Waals surface area contributed by atoms with E-state index in [4.69, 9.17) is 9.31 Å². The third-order valence-corrected chi connectivity index (χ3v) is 8.46. The SMILES string of the molecule is C=CCCCCCC(N(C(=O)O)C1(B2OC(C)(C)C(C)(C)O2)CCCc2ccccc21)C(C)(C)C. The number of carbonyl (C=O) groups is 1. The maximum Gasteiger partial charge on any atom is 0.490 e. The number of amides is 1. The van der Waals surface area contributed by atoms with Crippen molar-refractivity contribution in [3.8, 4) is 0 Å². The van der Waals surface area contributed by atoms with E-state index in [1.165, 1.54) is 5.56 Å². The van der Waals surface area contributed by atoms with Crippen LogP contribution in [0.4, 0.5) is 4.79 Å². The summed E-state index contributed by atoms with van der Waals surface area (Å²) < 4.78 is 13.4. The lowest BCUT2D eigenvalue weighted by Gasteiger charge is -2.53. The molecule has 1 saturated heterocycles. The van der Waals surface area contributed by atoms with Crippen molar-refractivity contribution in [2.24, 2.45) is 5.41 Å². The number of allylic oxidation sites excluding steroid dienone is 1. The topological polar surface area (TPSA) is 59.0 Å². The van der Waals surface area contributed by atoms with Crippen LogP contribution in [-0.4, -0.2) is 40.5 Å². The molecule has 6 heteroatoms. The first-order valence-corrected chi connectivity index (χ1v) is 13.3. The van der Waals surface area contributed by atoms with Crippen LogP contribution >= 0.6 is 0 Å². The van der Waals surface area contributed by atoms with Crippen LogP contribution in [0.3, 0.4) is 0 Å². The van der Waals surface area contributed by atoms with Gasteiger partial charge in [0.2, 0.25) is 0 Å². The molecule has 194 valence electrons. The highest BCUT2D eigenvalue weighted by atomic mass is 16.7. The van der Waals surface area contributed by atoms with Crippen LogP contribution in [0.2, 0.25) is 0 Å². The molecule has 5 nitrogen and oxygen atoms in total. The van der Waals surface area contributed by atoms with Gasteiger partial charge in [0.25, 0.3) is 0 Å². The Balaban J connectivity index is 2.15. The van der Waals surface area contributed by atoms with E-state index in [-0.39, 0.29) is 11.5 Å². The van der Waals surface area contributed by atoms with Gasteiger partial charge in [-0.15, -0.1) is 6.58 Å². The number of hydrogen-bond donors (Lipinski definition) is 1. The number of aryl methyl sites for hydroxylation is 1. The molecule has 0 bridgehead atoms. The Morgan fingerprint density at radius 2 is 1.77 bits per heavy atom. The number of carboxylic acid groups (broad SMARTS) is 1. The van der Waals surface area contributed by atoms with Crippen molar-refractivity contribution in [1.29, 1.82) is 0 Å². The van der Waals surface area contributed by atoms with Crippen molar-refractivity contribution < 1.29 is 19.2 Å². The summed E-state index contributed by atoms with van der Waals surface area (Å²) in [5.74, 6) is 0. The summed E-state index contributed by atoms with van der Waals surface area (Å²) in [5.41, 5.74) is -0.0388. The second-order valence-electron chi connectivity index (χ2n) is 12.5. The molecule has 1 heterocycles. The number of hydrogen-bond acceptors (Lipinski definition) is 3. The first-order valence-electron chi connectivity index (χ1n) is 13.3. The molecule has 1 aromatic carbocycles. The maximum atomic E-state index is 13.3. The Morgan fingerprint density at radius 3 is 2.34 bits per heavy atom. The average Bonchev–Trinajstić information content (AvgIpc) is 2.98. The van der Waals surface area contributed by atoms with Crippen LogP contribution in [0.1, 0.15) is 105 Å². The molecule has 3 rings (SSSR count). The molecular weight excluding hydrogens is 437 g/mol. The molecule has 0 saturated carbocycles. The Hall–Kier alpha value is -1.79. The van der Waals surface area contributed by atoms with Crippen LogP contribution in [0, 0.1) is 5.41 Å². The summed E-state index contributed by atoms with van der Waals surface area (Å²) in [5, 5.41) is 10.9. The van der Waals surface area contributed by atoms with Gasteiger partial charge < -0.3 is 14.4 Å². The fraction of sp³-hybridized carbons (Fsp3) is 0.690. The van der Waals surface area contributed by atoms with Gasteiger partial charge in [0.15, 0.2) is 0 Å². The van der Waals surface area contributed by atoms with Crippen molar-refractivity contribution in [2.75, 3.05) is 0 Å². The van der Waals surface area contributed by atoms with Gasteiger partial charge in [0, 0.05) is 6.04 Å². The Kier molecular flexibility index (Phi) is 8.18. The van der Waals surface area contributed by atoms with Crippen LogP contribution in [0.5, 0.6) is 0 Å². The molecule has 1 aliphatic heterocycles. The van der Waals surface area contributed by atoms with Crippen LogP contribution in [0.25, 0.3) is 0 Å². The van der Waals surface area contributed by atoms with E-state index in [1.807, 2.05) is 45.9 Å². The molecular formula is C29H46BNO4. The van der Waals surface area contributed by atoms with E-state index in [0.717, 1.165) is 50.5 Å². The lowest BCUT2D eigenvalue weighted by atomic mass is 9.53. The number of fused-ring (bicyclic) bond motifs is 1. The normalized spacial score (nSPS) is 24.0. The largest absolute Gasteiger partial charge is 0.490 e. The summed E-state index contributed by atoms with van der Waals surface area (Å²) in [6.45, 7) is 18.5. The summed E-state index contributed by atoms with van der Waals surface area (Å²) in [6, 6.07) is 8.11. The molecule has 0 spiro atoms. The van der Waals surface area contributed by atoms with Crippen molar-refractivity contribution in [3.05, 3.63) is 48.0 Å². The fourth-order valence-electron chi connectivity index (χ4n) is 5.82. The summed E-state index contributed by atoms with van der Waals surface area (Å²) >= 11 is 0.